The number of hydrogen-bond acceptors (Lipinski definition) is 2. The van der Waals surface area contributed by atoms with Crippen LogP contribution in [0.5, 0.6) is 0 Å². The Kier molecular flexibility index (Phi) is 5.47. The second kappa shape index (κ2) is 6.53. The minimum atomic E-state index is -4.49. The number of halogens is 3. The second-order valence-electron chi connectivity index (χ2n) is 5.82. The van der Waals surface area contributed by atoms with Gasteiger partial charge >= 0.3 is 18.2 Å². The number of aliphatic carboxylic acids is 1. The fourth-order valence-corrected chi connectivity index (χ4v) is 2.67. The highest BCUT2D eigenvalue weighted by molar-refractivity contribution is 5.77. The Balaban J connectivity index is 2.81. The van der Waals surface area contributed by atoms with E-state index in [1.54, 1.807) is 0 Å². The zero-order chi connectivity index (χ0) is 16.3. The van der Waals surface area contributed by atoms with E-state index >= 15 is 0 Å². The van der Waals surface area contributed by atoms with Crippen LogP contribution in [0.3, 0.4) is 0 Å². The minimum Gasteiger partial charge on any atom is -0.481 e. The van der Waals surface area contributed by atoms with Crippen LogP contribution >= 0.6 is 0 Å². The Bertz CT molecular complexity index is 391. The maximum absolute atomic E-state index is 12.5. The van der Waals surface area contributed by atoms with E-state index in [-0.39, 0.29) is 6.42 Å². The van der Waals surface area contributed by atoms with Crippen LogP contribution in [-0.4, -0.2) is 46.3 Å². The molecule has 0 atom stereocenters. The van der Waals surface area contributed by atoms with Gasteiger partial charge in [-0.05, 0) is 26.7 Å². The molecule has 1 rings (SSSR count). The number of nitrogens with one attached hydrogen (secondary N) is 1. The number of carboxylic acids is 1. The zero-order valence-corrected chi connectivity index (χ0v) is 12.2. The van der Waals surface area contributed by atoms with Crippen LogP contribution in [0, 0.1) is 0 Å². The summed E-state index contributed by atoms with van der Waals surface area (Å²) >= 11 is 0. The fourth-order valence-electron chi connectivity index (χ4n) is 2.67. The van der Waals surface area contributed by atoms with Crippen molar-refractivity contribution in [1.82, 2.24) is 10.2 Å². The molecule has 0 heterocycles. The van der Waals surface area contributed by atoms with Crippen molar-refractivity contribution in [3.63, 3.8) is 0 Å². The lowest BCUT2D eigenvalue weighted by Gasteiger charge is -2.34. The van der Waals surface area contributed by atoms with Crippen molar-refractivity contribution in [3.8, 4) is 0 Å². The number of amides is 2. The number of nitrogens with zero attached hydrogens (tertiary/aromatic N) is 1. The number of alkyl halides is 3. The standard InChI is InChI=1S/C13H21F3N2O3/c1-9(2)18(8-13(14,15)16)11(21)17-12(7-10(19)20)5-3-4-6-12/h9H,3-8H2,1-2H3,(H,17,21)(H,19,20). The molecule has 0 aromatic carbocycles. The van der Waals surface area contributed by atoms with Gasteiger partial charge in [-0.1, -0.05) is 12.8 Å². The summed E-state index contributed by atoms with van der Waals surface area (Å²) < 4.78 is 37.6. The molecule has 2 N–H and O–H groups in total. The maximum atomic E-state index is 12.5. The van der Waals surface area contributed by atoms with Gasteiger partial charge in [0.2, 0.25) is 0 Å². The molecule has 0 radical (unpaired) electrons. The first-order valence-electron chi connectivity index (χ1n) is 6.92. The molecule has 0 saturated heterocycles. The maximum Gasteiger partial charge on any atom is 0.406 e. The van der Waals surface area contributed by atoms with E-state index in [0.717, 1.165) is 12.8 Å². The second-order valence-corrected chi connectivity index (χ2v) is 5.82. The molecule has 0 bridgehead atoms. The van der Waals surface area contributed by atoms with Crippen LogP contribution in [0.15, 0.2) is 0 Å². The van der Waals surface area contributed by atoms with Crippen LogP contribution in [0.1, 0.15) is 46.0 Å². The first-order valence-corrected chi connectivity index (χ1v) is 6.92. The Hall–Kier alpha value is -1.47. The summed E-state index contributed by atoms with van der Waals surface area (Å²) in [5.74, 6) is -1.07. The normalized spacial score (nSPS) is 17.8. The molecule has 0 aromatic heterocycles. The van der Waals surface area contributed by atoms with Crippen molar-refractivity contribution in [2.45, 2.75) is 63.7 Å². The van der Waals surface area contributed by atoms with Gasteiger partial charge < -0.3 is 15.3 Å². The highest BCUT2D eigenvalue weighted by Gasteiger charge is 2.41. The lowest BCUT2D eigenvalue weighted by atomic mass is 9.93. The molecule has 122 valence electrons. The number of carboxylic acid groups (broad SMARTS) is 1. The molecule has 0 unspecified atom stereocenters. The van der Waals surface area contributed by atoms with Gasteiger partial charge in [-0.3, -0.25) is 4.79 Å². The summed E-state index contributed by atoms with van der Waals surface area (Å²) in [7, 11) is 0. The third kappa shape index (κ3) is 5.43. The van der Waals surface area contributed by atoms with Crippen molar-refractivity contribution in [1.29, 1.82) is 0 Å². The first kappa shape index (κ1) is 17.6. The molecule has 2 amide bonds. The molecule has 0 spiro atoms. The summed E-state index contributed by atoms with van der Waals surface area (Å²) in [6.45, 7) is 1.63. The fraction of sp³-hybridized carbons (Fsp3) is 0.846. The Morgan fingerprint density at radius 3 is 2.19 bits per heavy atom. The predicted molar refractivity (Wildman–Crippen MR) is 69.9 cm³/mol. The summed E-state index contributed by atoms with van der Waals surface area (Å²) in [6, 6.07) is -1.49. The molecule has 8 heteroatoms. The molecule has 21 heavy (non-hydrogen) atoms. The van der Waals surface area contributed by atoms with Gasteiger partial charge in [0.25, 0.3) is 0 Å². The van der Waals surface area contributed by atoms with Crippen LogP contribution in [0.4, 0.5) is 18.0 Å². The summed E-state index contributed by atoms with van der Waals surface area (Å²) in [4.78, 5) is 23.7. The van der Waals surface area contributed by atoms with Crippen LogP contribution in [0.25, 0.3) is 0 Å². The third-order valence-electron chi connectivity index (χ3n) is 3.66. The van der Waals surface area contributed by atoms with E-state index < -0.39 is 36.3 Å². The van der Waals surface area contributed by atoms with E-state index in [1.165, 1.54) is 13.8 Å². The third-order valence-corrected chi connectivity index (χ3v) is 3.66. The molecule has 1 aliphatic rings. The number of carbonyl (C=O) groups excluding carboxylic acids is 1. The molecule has 0 aromatic rings. The van der Waals surface area contributed by atoms with Crippen molar-refractivity contribution < 1.29 is 27.9 Å². The average Bonchev–Trinajstić information content (AvgIpc) is 2.71. The molecule has 1 aliphatic carbocycles. The number of hydrogen-bond donors (Lipinski definition) is 2. The Morgan fingerprint density at radius 1 is 1.29 bits per heavy atom. The highest BCUT2D eigenvalue weighted by Crippen LogP contribution is 2.33. The van der Waals surface area contributed by atoms with Gasteiger partial charge in [-0.2, -0.15) is 13.2 Å². The zero-order valence-electron chi connectivity index (χ0n) is 12.2. The van der Waals surface area contributed by atoms with Gasteiger partial charge in [-0.25, -0.2) is 4.79 Å². The molecular weight excluding hydrogens is 289 g/mol. The lowest BCUT2D eigenvalue weighted by Crippen LogP contribution is -2.56. The topological polar surface area (TPSA) is 69.6 Å². The number of carbonyl (C=O) groups is 2. The monoisotopic (exact) mass is 310 g/mol. The van der Waals surface area contributed by atoms with E-state index in [1.807, 2.05) is 0 Å². The van der Waals surface area contributed by atoms with Crippen molar-refractivity contribution in [2.24, 2.45) is 0 Å². The molecule has 1 saturated carbocycles. The lowest BCUT2D eigenvalue weighted by molar-refractivity contribution is -0.144. The van der Waals surface area contributed by atoms with Crippen LogP contribution in [0.2, 0.25) is 0 Å². The van der Waals surface area contributed by atoms with Gasteiger partial charge in [-0.15, -0.1) is 0 Å². The Labute approximate surface area is 121 Å². The minimum absolute atomic E-state index is 0.267. The van der Waals surface area contributed by atoms with Gasteiger partial charge in [0.05, 0.1) is 12.0 Å². The highest BCUT2D eigenvalue weighted by atomic mass is 19.4. The van der Waals surface area contributed by atoms with E-state index in [4.69, 9.17) is 5.11 Å². The molecule has 1 fully saturated rings. The Morgan fingerprint density at radius 2 is 1.81 bits per heavy atom. The summed E-state index contributed by atoms with van der Waals surface area (Å²) in [5.41, 5.74) is -0.929. The summed E-state index contributed by atoms with van der Waals surface area (Å²) in [6.07, 6.45) is -2.29. The molecule has 5 nitrogen and oxygen atoms in total. The van der Waals surface area contributed by atoms with Crippen molar-refractivity contribution >= 4 is 12.0 Å². The van der Waals surface area contributed by atoms with Gasteiger partial charge in [0, 0.05) is 6.04 Å². The van der Waals surface area contributed by atoms with Crippen LogP contribution < -0.4 is 5.32 Å². The number of urea groups is 1. The molecule has 0 aliphatic heterocycles. The van der Waals surface area contributed by atoms with Crippen molar-refractivity contribution in [3.05, 3.63) is 0 Å². The van der Waals surface area contributed by atoms with E-state index in [2.05, 4.69) is 5.32 Å². The molecular formula is C13H21F3N2O3. The largest absolute Gasteiger partial charge is 0.481 e. The average molecular weight is 310 g/mol. The van der Waals surface area contributed by atoms with E-state index in [9.17, 15) is 22.8 Å². The van der Waals surface area contributed by atoms with E-state index in [0.29, 0.717) is 17.7 Å². The summed E-state index contributed by atoms with van der Waals surface area (Å²) in [5, 5.41) is 11.5. The predicted octanol–water partition coefficient (Wildman–Crippen LogP) is 2.76. The van der Waals surface area contributed by atoms with Gasteiger partial charge in [0.15, 0.2) is 0 Å². The van der Waals surface area contributed by atoms with Gasteiger partial charge in [0.1, 0.15) is 6.54 Å². The van der Waals surface area contributed by atoms with Crippen LogP contribution in [-0.2, 0) is 4.79 Å². The SMILES string of the molecule is CC(C)N(CC(F)(F)F)C(=O)NC1(CC(=O)O)CCCC1. The number of rotatable bonds is 5. The quantitative estimate of drug-likeness (QED) is 0.820. The first-order chi connectivity index (χ1) is 9.55. The smallest absolute Gasteiger partial charge is 0.406 e. The van der Waals surface area contributed by atoms with Crippen molar-refractivity contribution in [2.75, 3.05) is 6.54 Å².